The van der Waals surface area contributed by atoms with Crippen LogP contribution in [0.15, 0.2) is 29.6 Å². The zero-order valence-electron chi connectivity index (χ0n) is 14.1. The Kier molecular flexibility index (Phi) is 6.91. The van der Waals surface area contributed by atoms with Crippen molar-refractivity contribution in [3.05, 3.63) is 45.2 Å². The predicted molar refractivity (Wildman–Crippen MR) is 97.4 cm³/mol. The molecule has 2 aromatic rings. The van der Waals surface area contributed by atoms with Gasteiger partial charge in [0.2, 0.25) is 0 Å². The van der Waals surface area contributed by atoms with E-state index in [-0.39, 0.29) is 27.8 Å². The fourth-order valence-corrected chi connectivity index (χ4v) is 2.38. The predicted octanol–water partition coefficient (Wildman–Crippen LogP) is 2.56. The highest BCUT2D eigenvalue weighted by Gasteiger charge is 2.18. The number of methoxy groups -OCH3 is 1. The lowest BCUT2D eigenvalue weighted by atomic mass is 10.2. The fourth-order valence-electron chi connectivity index (χ4n) is 1.87. The quantitative estimate of drug-likeness (QED) is 0.239. The van der Waals surface area contributed by atoms with Crippen molar-refractivity contribution in [1.29, 1.82) is 0 Å². The molecule has 0 saturated carbocycles. The van der Waals surface area contributed by atoms with E-state index < -0.39 is 23.4 Å². The lowest BCUT2D eigenvalue weighted by molar-refractivity contribution is -0.384. The molecular weight excluding hydrogens is 400 g/mol. The molecule has 0 radical (unpaired) electrons. The van der Waals surface area contributed by atoms with Gasteiger partial charge in [0.15, 0.2) is 17.5 Å². The minimum atomic E-state index is -0.886. The van der Waals surface area contributed by atoms with Gasteiger partial charge >= 0.3 is 5.97 Å². The Labute approximate surface area is 162 Å². The van der Waals surface area contributed by atoms with Gasteiger partial charge in [-0.25, -0.2) is 14.8 Å². The fraction of sp³-hybridized carbons (Fsp3) is 0.200. The summed E-state index contributed by atoms with van der Waals surface area (Å²) in [5, 5.41) is 13.5. The molecular formula is C15H13ClN4O6S. The van der Waals surface area contributed by atoms with Gasteiger partial charge in [-0.05, 0) is 12.3 Å². The molecule has 1 N–H and O–H groups in total. The minimum Gasteiger partial charge on any atom is -0.494 e. The van der Waals surface area contributed by atoms with E-state index in [2.05, 4.69) is 15.3 Å². The number of nitro groups is 1. The first kappa shape index (κ1) is 20.4. The average Bonchev–Trinajstić information content (AvgIpc) is 2.66. The molecule has 0 atom stereocenters. The van der Waals surface area contributed by atoms with Crippen molar-refractivity contribution >= 4 is 46.6 Å². The molecule has 0 spiro atoms. The Bertz CT molecular complexity index is 895. The van der Waals surface area contributed by atoms with Crippen LogP contribution < -0.4 is 10.1 Å². The summed E-state index contributed by atoms with van der Waals surface area (Å²) < 4.78 is 9.90. The number of nitrogens with zero attached hydrogens (tertiary/aromatic N) is 3. The summed E-state index contributed by atoms with van der Waals surface area (Å²) in [5.74, 6) is -1.47. The summed E-state index contributed by atoms with van der Waals surface area (Å²) in [6, 6.07) is 3.67. The summed E-state index contributed by atoms with van der Waals surface area (Å²) in [7, 11) is 1.30. The van der Waals surface area contributed by atoms with Gasteiger partial charge in [-0.3, -0.25) is 14.9 Å². The smallest absolute Gasteiger partial charge is 0.359 e. The van der Waals surface area contributed by atoms with E-state index in [1.165, 1.54) is 37.2 Å². The molecule has 12 heteroatoms. The molecule has 0 unspecified atom stereocenters. The van der Waals surface area contributed by atoms with E-state index in [1.807, 2.05) is 0 Å². The molecule has 142 valence electrons. The van der Waals surface area contributed by atoms with E-state index in [0.717, 1.165) is 6.07 Å². The SMILES string of the molecule is COc1cc([N+](=O)[O-])ccc1NC(=O)COC(=O)c1nc(SC)ncc1Cl. The van der Waals surface area contributed by atoms with Crippen molar-refractivity contribution in [1.82, 2.24) is 9.97 Å². The third kappa shape index (κ3) is 5.28. The molecule has 0 bridgehead atoms. The number of thioether (sulfide) groups is 1. The number of nitro benzene ring substituents is 1. The molecule has 27 heavy (non-hydrogen) atoms. The van der Waals surface area contributed by atoms with Crippen LogP contribution in [0, 0.1) is 10.1 Å². The van der Waals surface area contributed by atoms with Crippen LogP contribution >= 0.6 is 23.4 Å². The maximum Gasteiger partial charge on any atom is 0.359 e. The summed E-state index contributed by atoms with van der Waals surface area (Å²) in [4.78, 5) is 42.1. The molecule has 0 aliphatic heterocycles. The number of benzene rings is 1. The molecule has 0 fully saturated rings. The number of carbonyl (C=O) groups is 2. The van der Waals surface area contributed by atoms with Gasteiger partial charge < -0.3 is 14.8 Å². The van der Waals surface area contributed by atoms with Gasteiger partial charge in [0.05, 0.1) is 35.0 Å². The Morgan fingerprint density at radius 1 is 1.41 bits per heavy atom. The zero-order valence-corrected chi connectivity index (χ0v) is 15.7. The molecule has 0 aliphatic rings. The molecule has 1 amide bonds. The highest BCUT2D eigenvalue weighted by Crippen LogP contribution is 2.28. The third-order valence-electron chi connectivity index (χ3n) is 3.10. The number of esters is 1. The van der Waals surface area contributed by atoms with Gasteiger partial charge in [0.25, 0.3) is 11.6 Å². The number of amides is 1. The Balaban J connectivity index is 2.02. The molecule has 0 aliphatic carbocycles. The third-order valence-corrected chi connectivity index (χ3v) is 3.94. The molecule has 1 heterocycles. The maximum atomic E-state index is 12.0. The van der Waals surface area contributed by atoms with Crippen LogP contribution in [-0.4, -0.2) is 46.7 Å². The number of hydrogen-bond donors (Lipinski definition) is 1. The summed E-state index contributed by atoms with van der Waals surface area (Å²) in [6.45, 7) is -0.617. The molecule has 0 saturated heterocycles. The van der Waals surface area contributed by atoms with Crippen LogP contribution in [0.25, 0.3) is 0 Å². The van der Waals surface area contributed by atoms with Crippen molar-refractivity contribution < 1.29 is 24.0 Å². The van der Waals surface area contributed by atoms with Crippen LogP contribution in [0.3, 0.4) is 0 Å². The van der Waals surface area contributed by atoms with Gasteiger partial charge in [-0.2, -0.15) is 0 Å². The second-order valence-corrected chi connectivity index (χ2v) is 6.00. The number of ether oxygens (including phenoxy) is 2. The average molecular weight is 413 g/mol. The monoisotopic (exact) mass is 412 g/mol. The number of anilines is 1. The highest BCUT2D eigenvalue weighted by molar-refractivity contribution is 7.98. The van der Waals surface area contributed by atoms with Crippen LogP contribution in [0.4, 0.5) is 11.4 Å². The highest BCUT2D eigenvalue weighted by atomic mass is 35.5. The van der Waals surface area contributed by atoms with Crippen LogP contribution in [0.1, 0.15) is 10.5 Å². The molecule has 10 nitrogen and oxygen atoms in total. The zero-order chi connectivity index (χ0) is 20.0. The van der Waals surface area contributed by atoms with Gasteiger partial charge in [0, 0.05) is 6.07 Å². The molecule has 1 aromatic carbocycles. The lowest BCUT2D eigenvalue weighted by Crippen LogP contribution is -2.22. The number of halogens is 1. The van der Waals surface area contributed by atoms with E-state index in [1.54, 1.807) is 6.26 Å². The second kappa shape index (κ2) is 9.14. The van der Waals surface area contributed by atoms with Crippen LogP contribution in [0.5, 0.6) is 5.75 Å². The van der Waals surface area contributed by atoms with Crippen molar-refractivity contribution in [3.63, 3.8) is 0 Å². The number of hydrogen-bond acceptors (Lipinski definition) is 9. The number of nitrogens with one attached hydrogen (secondary N) is 1. The second-order valence-electron chi connectivity index (χ2n) is 4.82. The van der Waals surface area contributed by atoms with E-state index >= 15 is 0 Å². The topological polar surface area (TPSA) is 134 Å². The van der Waals surface area contributed by atoms with E-state index in [9.17, 15) is 19.7 Å². The van der Waals surface area contributed by atoms with Crippen molar-refractivity contribution in [2.45, 2.75) is 5.16 Å². The normalized spacial score (nSPS) is 10.2. The number of non-ortho nitro benzene ring substituents is 1. The number of aromatic nitrogens is 2. The number of rotatable bonds is 7. The van der Waals surface area contributed by atoms with Gasteiger partial charge in [-0.1, -0.05) is 23.4 Å². The Morgan fingerprint density at radius 3 is 2.78 bits per heavy atom. The van der Waals surface area contributed by atoms with Gasteiger partial charge in [0.1, 0.15) is 5.75 Å². The summed E-state index contributed by atoms with van der Waals surface area (Å²) in [5.41, 5.74) is -0.162. The largest absolute Gasteiger partial charge is 0.494 e. The van der Waals surface area contributed by atoms with Crippen molar-refractivity contribution in [2.24, 2.45) is 0 Å². The molecule has 2 rings (SSSR count). The minimum absolute atomic E-state index is 0.00440. The first-order chi connectivity index (χ1) is 12.8. The van der Waals surface area contributed by atoms with Crippen LogP contribution in [-0.2, 0) is 9.53 Å². The summed E-state index contributed by atoms with van der Waals surface area (Å²) >= 11 is 7.08. The first-order valence-electron chi connectivity index (χ1n) is 7.21. The van der Waals surface area contributed by atoms with Crippen molar-refractivity contribution in [3.8, 4) is 5.75 Å². The van der Waals surface area contributed by atoms with Crippen LogP contribution in [0.2, 0.25) is 5.02 Å². The maximum absolute atomic E-state index is 12.0. The Hall–Kier alpha value is -2.92. The molecule has 1 aromatic heterocycles. The lowest BCUT2D eigenvalue weighted by Gasteiger charge is -2.10. The Morgan fingerprint density at radius 2 is 2.15 bits per heavy atom. The van der Waals surface area contributed by atoms with Gasteiger partial charge in [-0.15, -0.1) is 0 Å². The van der Waals surface area contributed by atoms with E-state index in [0.29, 0.717) is 5.16 Å². The van der Waals surface area contributed by atoms with Crippen molar-refractivity contribution in [2.75, 3.05) is 25.3 Å². The van der Waals surface area contributed by atoms with E-state index in [4.69, 9.17) is 21.1 Å². The first-order valence-corrected chi connectivity index (χ1v) is 8.82. The standard InChI is InChI=1S/C15H13ClN4O6S/c1-25-11-5-8(20(23)24)3-4-10(11)18-12(21)7-26-14(22)13-9(16)6-17-15(19-13)27-2/h3-6H,7H2,1-2H3,(H,18,21). The summed E-state index contributed by atoms with van der Waals surface area (Å²) in [6.07, 6.45) is 2.99. The number of carbonyl (C=O) groups excluding carboxylic acids is 2.